The van der Waals surface area contributed by atoms with E-state index >= 15 is 0 Å². The van der Waals surface area contributed by atoms with E-state index in [9.17, 15) is 0 Å². The Hall–Kier alpha value is -1.46. The van der Waals surface area contributed by atoms with E-state index < -0.39 is 0 Å². The molecule has 0 amide bonds. The number of fused-ring (bicyclic) bond motifs is 2. The van der Waals surface area contributed by atoms with Crippen molar-refractivity contribution in [1.82, 2.24) is 0 Å². The maximum atomic E-state index is 3.25. The molecule has 0 aromatic heterocycles. The molecule has 0 aliphatic carbocycles. The molecule has 0 nitrogen and oxygen atoms in total. The normalized spacial score (nSPS) is 9.24. The summed E-state index contributed by atoms with van der Waals surface area (Å²) < 4.78 is 0. The van der Waals surface area contributed by atoms with Crippen molar-refractivity contribution in [2.24, 2.45) is 0 Å². The molecule has 1 heteroatoms. The Kier molecular flexibility index (Phi) is 13.3. The van der Waals surface area contributed by atoms with Gasteiger partial charge >= 0.3 is 0 Å². The third-order valence-corrected chi connectivity index (χ3v) is 4.93. The van der Waals surface area contributed by atoms with Gasteiger partial charge in [-0.2, -0.15) is 19.1 Å². The molecule has 0 saturated heterocycles. The van der Waals surface area contributed by atoms with Gasteiger partial charge in [-0.1, -0.05) is 51.0 Å². The molecule has 0 N–H and O–H groups in total. The quantitative estimate of drug-likeness (QED) is 0.228. The fourth-order valence-corrected chi connectivity index (χ4v) is 3.47. The molecule has 0 atom stereocenters. The van der Waals surface area contributed by atoms with Crippen LogP contribution in [-0.4, -0.2) is 0 Å². The van der Waals surface area contributed by atoms with Crippen LogP contribution in [0, 0.1) is 63.3 Å². The molecule has 4 rings (SSSR count). The maximum Gasteiger partial charge on any atom is 0 e. The van der Waals surface area contributed by atoms with Crippen LogP contribution >= 0.6 is 0 Å². The Balaban J connectivity index is 0. The van der Waals surface area contributed by atoms with Gasteiger partial charge in [-0.15, -0.1) is 68.1 Å². The summed E-state index contributed by atoms with van der Waals surface area (Å²) in [6.45, 7) is 18.0. The van der Waals surface area contributed by atoms with Crippen LogP contribution < -0.4 is 0 Å². The Morgan fingerprint density at radius 2 is 0.828 bits per heavy atom. The van der Waals surface area contributed by atoms with Crippen molar-refractivity contribution < 1.29 is 26.2 Å². The van der Waals surface area contributed by atoms with E-state index in [0.717, 1.165) is 0 Å². The van der Waals surface area contributed by atoms with Gasteiger partial charge in [-0.05, 0) is 13.8 Å². The largest absolute Gasteiger partial charge is 0.358 e. The summed E-state index contributed by atoms with van der Waals surface area (Å²) in [5.41, 5.74) is 8.24. The molecule has 0 bridgehead atoms. The third-order valence-electron chi connectivity index (χ3n) is 4.93. The van der Waals surface area contributed by atoms with Crippen molar-refractivity contribution in [1.29, 1.82) is 0 Å². The number of aryl methyl sites for hydroxylation is 6. The van der Waals surface area contributed by atoms with Crippen molar-refractivity contribution in [2.75, 3.05) is 0 Å². The summed E-state index contributed by atoms with van der Waals surface area (Å²) in [6, 6.07) is 17.8. The Labute approximate surface area is 199 Å². The van der Waals surface area contributed by atoms with Gasteiger partial charge in [0.2, 0.25) is 0 Å². The second kappa shape index (κ2) is 13.0. The van der Waals surface area contributed by atoms with Crippen molar-refractivity contribution in [3.05, 3.63) is 104 Å². The van der Waals surface area contributed by atoms with Gasteiger partial charge in [0.25, 0.3) is 0 Å². The van der Waals surface area contributed by atoms with E-state index in [2.05, 4.69) is 97.0 Å². The van der Waals surface area contributed by atoms with Gasteiger partial charge in [0.05, 0.1) is 0 Å². The first-order valence-electron chi connectivity index (χ1n) is 9.34. The van der Waals surface area contributed by atoms with Crippen molar-refractivity contribution >= 4 is 21.5 Å². The summed E-state index contributed by atoms with van der Waals surface area (Å²) in [5.74, 6) is 0. The van der Waals surface area contributed by atoms with E-state index in [-0.39, 0.29) is 41.1 Å². The maximum absolute atomic E-state index is 3.25. The van der Waals surface area contributed by atoms with Crippen LogP contribution in [0.3, 0.4) is 0 Å². The fourth-order valence-electron chi connectivity index (χ4n) is 3.47. The molecule has 0 aliphatic rings. The van der Waals surface area contributed by atoms with Crippen LogP contribution in [0.15, 0.2) is 48.5 Å². The molecule has 0 fully saturated rings. The zero-order chi connectivity index (χ0) is 19.4. The Morgan fingerprint density at radius 3 is 1.10 bits per heavy atom. The zero-order valence-electron chi connectivity index (χ0n) is 19.8. The van der Waals surface area contributed by atoms with Crippen LogP contribution in [0.4, 0.5) is 0 Å². The molecule has 0 saturated carbocycles. The van der Waals surface area contributed by atoms with Crippen LogP contribution in [-0.2, 0) is 26.2 Å². The van der Waals surface area contributed by atoms with Crippen LogP contribution in [0.2, 0.25) is 0 Å². The second-order valence-corrected chi connectivity index (χ2v) is 7.12. The smallest absolute Gasteiger partial charge is 0 e. The zero-order valence-corrected chi connectivity index (χ0v) is 22.3. The molecule has 4 aromatic rings. The number of hydrogen-bond donors (Lipinski definition) is 0. The minimum atomic E-state index is 0. The summed E-state index contributed by atoms with van der Waals surface area (Å²) in [6.07, 6.45) is 0. The van der Waals surface area contributed by atoms with Gasteiger partial charge in [0.1, 0.15) is 0 Å². The fraction of sp³-hybridized carbons (Fsp3) is 0.250. The average Bonchev–Trinajstić information content (AvgIpc) is 3.21. The van der Waals surface area contributed by atoms with Gasteiger partial charge in [-0.25, -0.2) is 0 Å². The van der Waals surface area contributed by atoms with Crippen molar-refractivity contribution in [2.45, 2.75) is 48.5 Å². The summed E-state index contributed by atoms with van der Waals surface area (Å²) in [7, 11) is 0. The number of hydrogen-bond acceptors (Lipinski definition) is 0. The van der Waals surface area contributed by atoms with Crippen LogP contribution in [0.1, 0.15) is 40.3 Å². The third kappa shape index (κ3) is 6.79. The van der Waals surface area contributed by atoms with E-state index in [0.29, 0.717) is 0 Å². The number of rotatable bonds is 0. The molecular formula is C28H37Zr-5. The van der Waals surface area contributed by atoms with Crippen molar-refractivity contribution in [3.8, 4) is 0 Å². The standard InChI is InChI=1S/2C12H13.C2H5.2CH3.Zr/c2*1-8-6-11-9(2)4-5-10(3)12(11)7-8;1-2;;;/h2*4-7H,1-3H3;1H2,2H3;2*1H3;/q5*-1;. The van der Waals surface area contributed by atoms with Gasteiger partial charge in [-0.3, -0.25) is 0 Å². The minimum absolute atomic E-state index is 0. The second-order valence-electron chi connectivity index (χ2n) is 7.12. The minimum Gasteiger partial charge on any atom is -0.358 e. The Morgan fingerprint density at radius 1 is 0.552 bits per heavy atom. The molecule has 158 valence electrons. The first kappa shape index (κ1) is 29.7. The molecule has 0 spiro atoms. The molecular weight excluding hydrogens is 428 g/mol. The molecule has 29 heavy (non-hydrogen) atoms. The molecule has 0 aliphatic heterocycles. The van der Waals surface area contributed by atoms with Gasteiger partial charge < -0.3 is 21.8 Å². The van der Waals surface area contributed by atoms with Gasteiger partial charge in [0.15, 0.2) is 0 Å². The molecule has 0 heterocycles. The van der Waals surface area contributed by atoms with Crippen molar-refractivity contribution in [3.63, 3.8) is 0 Å². The van der Waals surface area contributed by atoms with Crippen LogP contribution in [0.25, 0.3) is 21.5 Å². The van der Waals surface area contributed by atoms with Crippen LogP contribution in [0.5, 0.6) is 0 Å². The summed E-state index contributed by atoms with van der Waals surface area (Å²) >= 11 is 0. The molecule has 0 radical (unpaired) electrons. The van der Waals surface area contributed by atoms with E-state index in [4.69, 9.17) is 0 Å². The summed E-state index contributed by atoms with van der Waals surface area (Å²) in [5, 5.41) is 5.64. The number of benzene rings is 2. The first-order chi connectivity index (χ1) is 12.4. The molecule has 0 unspecified atom stereocenters. The van der Waals surface area contributed by atoms with E-state index in [1.54, 1.807) is 6.92 Å². The monoisotopic (exact) mass is 463 g/mol. The average molecular weight is 465 g/mol. The summed E-state index contributed by atoms with van der Waals surface area (Å²) in [4.78, 5) is 0. The van der Waals surface area contributed by atoms with E-state index in [1.165, 1.54) is 54.9 Å². The van der Waals surface area contributed by atoms with Gasteiger partial charge in [0, 0.05) is 26.2 Å². The topological polar surface area (TPSA) is 0 Å². The SMILES string of the molecule is Cc1cc2c(C)ccc(C)c2[cH-]1.Cc1cc2c(C)ccc(C)c2[cH-]1.[CH2-]C.[CH3-].[CH3-].[Zr]. The first-order valence-corrected chi connectivity index (χ1v) is 9.34. The predicted octanol–water partition coefficient (Wildman–Crippen LogP) is 8.71. The Bertz CT molecular complexity index is 850. The predicted molar refractivity (Wildman–Crippen MR) is 131 cm³/mol. The molecule has 4 aromatic carbocycles. The van der Waals surface area contributed by atoms with E-state index in [1.807, 2.05) is 0 Å².